The van der Waals surface area contributed by atoms with Crippen molar-refractivity contribution >= 4 is 50.2 Å². The number of rotatable bonds is 10. The number of nitrogens with zero attached hydrogens (tertiary/aromatic N) is 3. The molecule has 0 spiro atoms. The van der Waals surface area contributed by atoms with E-state index in [0.29, 0.717) is 23.1 Å². The molecule has 0 saturated carbocycles. The normalized spacial score (nSPS) is 12.1. The lowest BCUT2D eigenvalue weighted by atomic mass is 10.1. The Labute approximate surface area is 220 Å². The second kappa shape index (κ2) is 12.0. The molecule has 0 bridgehead atoms. The van der Waals surface area contributed by atoms with Crippen LogP contribution < -0.4 is 10.7 Å². The van der Waals surface area contributed by atoms with Gasteiger partial charge < -0.3 is 9.88 Å². The lowest BCUT2D eigenvalue weighted by Gasteiger charge is -2.21. The van der Waals surface area contributed by atoms with Gasteiger partial charge in [0, 0.05) is 48.0 Å². The fraction of sp³-hybridized carbons (Fsp3) is 0.407. The van der Waals surface area contributed by atoms with Gasteiger partial charge in [0.1, 0.15) is 0 Å². The number of anilines is 1. The van der Waals surface area contributed by atoms with Crippen molar-refractivity contribution in [2.45, 2.75) is 65.8 Å². The molecule has 7 nitrogen and oxygen atoms in total. The minimum Gasteiger partial charge on any atom is -0.347 e. The summed E-state index contributed by atoms with van der Waals surface area (Å²) in [7, 11) is -3.58. The molecular weight excluding hydrogens is 490 g/mol. The first-order chi connectivity index (χ1) is 17.1. The molecule has 1 aromatic heterocycles. The van der Waals surface area contributed by atoms with Gasteiger partial charge in [0.15, 0.2) is 5.11 Å². The van der Waals surface area contributed by atoms with Gasteiger partial charge in [-0.3, -0.25) is 5.43 Å². The Hall–Kier alpha value is -2.75. The van der Waals surface area contributed by atoms with Crippen molar-refractivity contribution in [2.75, 3.05) is 18.4 Å². The number of aromatic nitrogens is 1. The van der Waals surface area contributed by atoms with Crippen LogP contribution in [0.3, 0.4) is 0 Å². The van der Waals surface area contributed by atoms with Crippen LogP contribution in [0.15, 0.2) is 46.5 Å². The quantitative estimate of drug-likeness (QED) is 0.200. The van der Waals surface area contributed by atoms with Crippen LogP contribution in [0.2, 0.25) is 0 Å². The highest BCUT2D eigenvalue weighted by Gasteiger charge is 2.24. The standard InChI is InChI=1S/C27H37N5O2S2/c1-7-12-32(13-8-2)36(33,34)23-10-11-25-24(16-23)22(18-31(25)9-3)17-28-30-27(35)29-26-20(5)14-19(4)15-21(26)6/h10-11,14-18H,7-9,12-13H2,1-6H3,(H2,29,30,35). The van der Waals surface area contributed by atoms with Crippen LogP contribution in [-0.4, -0.2) is 41.7 Å². The molecule has 36 heavy (non-hydrogen) atoms. The zero-order valence-corrected chi connectivity index (χ0v) is 23.7. The zero-order valence-electron chi connectivity index (χ0n) is 22.1. The molecule has 3 rings (SSSR count). The molecule has 0 fully saturated rings. The Kier molecular flexibility index (Phi) is 9.27. The SMILES string of the molecule is CCCN(CCC)S(=O)(=O)c1ccc2c(c1)c(C=NNC(=S)Nc1c(C)cc(C)cc1C)cn2CC. The van der Waals surface area contributed by atoms with Crippen LogP contribution in [0.4, 0.5) is 5.69 Å². The van der Waals surface area contributed by atoms with E-state index in [1.807, 2.05) is 40.0 Å². The Morgan fingerprint density at radius 2 is 1.69 bits per heavy atom. The number of sulfonamides is 1. The Balaban J connectivity index is 1.87. The molecular formula is C27H37N5O2S2. The molecule has 0 saturated heterocycles. The van der Waals surface area contributed by atoms with Crippen LogP contribution in [0, 0.1) is 20.8 Å². The second-order valence-electron chi connectivity index (χ2n) is 9.05. The molecule has 3 aromatic rings. The van der Waals surface area contributed by atoms with E-state index in [-0.39, 0.29) is 0 Å². The number of fused-ring (bicyclic) bond motifs is 1. The summed E-state index contributed by atoms with van der Waals surface area (Å²) in [5.74, 6) is 0. The maximum atomic E-state index is 13.3. The van der Waals surface area contributed by atoms with Crippen LogP contribution >= 0.6 is 12.2 Å². The number of hydrazone groups is 1. The number of hydrogen-bond donors (Lipinski definition) is 2. The van der Waals surface area contributed by atoms with Gasteiger partial charge in [0.25, 0.3) is 0 Å². The van der Waals surface area contributed by atoms with Crippen molar-refractivity contribution < 1.29 is 8.42 Å². The summed E-state index contributed by atoms with van der Waals surface area (Å²) >= 11 is 5.45. The molecule has 0 radical (unpaired) electrons. The van der Waals surface area contributed by atoms with Crippen LogP contribution in [0.25, 0.3) is 10.9 Å². The monoisotopic (exact) mass is 527 g/mol. The highest BCUT2D eigenvalue weighted by Crippen LogP contribution is 2.26. The first-order valence-electron chi connectivity index (χ1n) is 12.4. The van der Waals surface area contributed by atoms with E-state index < -0.39 is 10.0 Å². The molecule has 0 amide bonds. The van der Waals surface area contributed by atoms with Gasteiger partial charge in [-0.05, 0) is 82.1 Å². The van der Waals surface area contributed by atoms with Crippen molar-refractivity contribution in [2.24, 2.45) is 5.10 Å². The summed E-state index contributed by atoms with van der Waals surface area (Å²) in [6, 6.07) is 9.55. The summed E-state index contributed by atoms with van der Waals surface area (Å²) in [6.07, 6.45) is 5.20. The molecule has 0 atom stereocenters. The Morgan fingerprint density at radius 3 is 2.28 bits per heavy atom. The van der Waals surface area contributed by atoms with E-state index in [0.717, 1.165) is 52.7 Å². The Bertz CT molecular complexity index is 1350. The van der Waals surface area contributed by atoms with E-state index in [2.05, 4.69) is 46.4 Å². The number of aryl methyl sites for hydroxylation is 4. The van der Waals surface area contributed by atoms with E-state index in [4.69, 9.17) is 12.2 Å². The molecule has 0 unspecified atom stereocenters. The summed E-state index contributed by atoms with van der Waals surface area (Å²) in [6.45, 7) is 14.0. The van der Waals surface area contributed by atoms with Crippen molar-refractivity contribution in [3.05, 3.63) is 58.8 Å². The molecule has 2 aromatic carbocycles. The third-order valence-corrected chi connectivity index (χ3v) is 8.18. The molecule has 194 valence electrons. The highest BCUT2D eigenvalue weighted by atomic mass is 32.2. The fourth-order valence-corrected chi connectivity index (χ4v) is 6.31. The number of hydrogen-bond acceptors (Lipinski definition) is 4. The predicted octanol–water partition coefficient (Wildman–Crippen LogP) is 5.72. The van der Waals surface area contributed by atoms with E-state index in [1.165, 1.54) is 5.56 Å². The van der Waals surface area contributed by atoms with Gasteiger partial charge in [0.05, 0.1) is 11.1 Å². The first-order valence-corrected chi connectivity index (χ1v) is 14.3. The summed E-state index contributed by atoms with van der Waals surface area (Å²) in [5, 5.41) is 8.80. The van der Waals surface area contributed by atoms with Crippen molar-refractivity contribution in [3.63, 3.8) is 0 Å². The maximum absolute atomic E-state index is 13.3. The number of benzene rings is 2. The van der Waals surface area contributed by atoms with Gasteiger partial charge in [-0.15, -0.1) is 0 Å². The second-order valence-corrected chi connectivity index (χ2v) is 11.4. The van der Waals surface area contributed by atoms with E-state index in [9.17, 15) is 8.42 Å². The van der Waals surface area contributed by atoms with E-state index in [1.54, 1.807) is 22.7 Å². The summed E-state index contributed by atoms with van der Waals surface area (Å²) in [5.41, 5.74) is 9.06. The maximum Gasteiger partial charge on any atom is 0.243 e. The van der Waals surface area contributed by atoms with Gasteiger partial charge in [-0.2, -0.15) is 9.41 Å². The minimum atomic E-state index is -3.58. The predicted molar refractivity (Wildman–Crippen MR) is 155 cm³/mol. The molecule has 2 N–H and O–H groups in total. The van der Waals surface area contributed by atoms with E-state index >= 15 is 0 Å². The van der Waals surface area contributed by atoms with Gasteiger partial charge in [0.2, 0.25) is 10.0 Å². The van der Waals surface area contributed by atoms with Gasteiger partial charge in [-0.1, -0.05) is 31.5 Å². The molecule has 9 heteroatoms. The number of nitrogens with one attached hydrogen (secondary N) is 2. The molecule has 0 aliphatic heterocycles. The third-order valence-electron chi connectivity index (χ3n) is 6.09. The molecule has 0 aliphatic carbocycles. The average molecular weight is 528 g/mol. The van der Waals surface area contributed by atoms with Crippen molar-refractivity contribution in [1.82, 2.24) is 14.3 Å². The van der Waals surface area contributed by atoms with Crippen LogP contribution in [0.1, 0.15) is 55.9 Å². The Morgan fingerprint density at radius 1 is 1.06 bits per heavy atom. The van der Waals surface area contributed by atoms with Crippen LogP contribution in [0.5, 0.6) is 0 Å². The largest absolute Gasteiger partial charge is 0.347 e. The molecule has 0 aliphatic rings. The van der Waals surface area contributed by atoms with Crippen molar-refractivity contribution in [1.29, 1.82) is 0 Å². The summed E-state index contributed by atoms with van der Waals surface area (Å²) < 4.78 is 30.3. The fourth-order valence-electron chi connectivity index (χ4n) is 4.51. The van der Waals surface area contributed by atoms with Gasteiger partial charge >= 0.3 is 0 Å². The lowest BCUT2D eigenvalue weighted by Crippen LogP contribution is -2.32. The smallest absolute Gasteiger partial charge is 0.243 e. The molecule has 1 heterocycles. The van der Waals surface area contributed by atoms with Gasteiger partial charge in [-0.25, -0.2) is 8.42 Å². The summed E-state index contributed by atoms with van der Waals surface area (Å²) in [4.78, 5) is 0.302. The minimum absolute atomic E-state index is 0.302. The topological polar surface area (TPSA) is 78.7 Å². The number of thiocarbonyl (C=S) groups is 1. The lowest BCUT2D eigenvalue weighted by molar-refractivity contribution is 0.410. The highest BCUT2D eigenvalue weighted by molar-refractivity contribution is 7.89. The third kappa shape index (κ3) is 6.14. The van der Waals surface area contributed by atoms with Crippen LogP contribution in [-0.2, 0) is 16.6 Å². The first kappa shape index (κ1) is 27.8. The van der Waals surface area contributed by atoms with Crippen molar-refractivity contribution in [3.8, 4) is 0 Å². The zero-order chi connectivity index (χ0) is 26.5. The average Bonchev–Trinajstić information content (AvgIpc) is 3.18.